The van der Waals surface area contributed by atoms with Gasteiger partial charge < -0.3 is 9.47 Å². The summed E-state index contributed by atoms with van der Waals surface area (Å²) in [5, 5.41) is 0. The van der Waals surface area contributed by atoms with E-state index in [-0.39, 0.29) is 6.10 Å². The summed E-state index contributed by atoms with van der Waals surface area (Å²) >= 11 is 0. The van der Waals surface area contributed by atoms with Gasteiger partial charge in [0.2, 0.25) is 0 Å². The molecular weight excluding hydrogens is 176 g/mol. The minimum Gasteiger partial charge on any atom is -0.486 e. The highest BCUT2D eigenvalue weighted by Gasteiger charge is 2.17. The summed E-state index contributed by atoms with van der Waals surface area (Å²) in [6.07, 6.45) is 0.157. The molecule has 0 bridgehead atoms. The van der Waals surface area contributed by atoms with Crippen LogP contribution in [0.3, 0.4) is 0 Å². The molecule has 0 fully saturated rings. The average Bonchev–Trinajstić information content (AvgIpc) is 2.16. The first-order valence-corrected chi connectivity index (χ1v) is 5.10. The van der Waals surface area contributed by atoms with Crippen molar-refractivity contribution in [3.05, 3.63) is 23.8 Å². The first kappa shape index (κ1) is 9.38. The Morgan fingerprint density at radius 2 is 2.07 bits per heavy atom. The van der Waals surface area contributed by atoms with E-state index < -0.39 is 0 Å². The summed E-state index contributed by atoms with van der Waals surface area (Å²) in [6, 6.07) is 6.18. The summed E-state index contributed by atoms with van der Waals surface area (Å²) in [5.41, 5.74) is 1.29. The fourth-order valence-corrected chi connectivity index (χ4v) is 1.55. The molecule has 1 atom stereocenters. The summed E-state index contributed by atoms with van der Waals surface area (Å²) in [6.45, 7) is 7.02. The van der Waals surface area contributed by atoms with Gasteiger partial charge in [0.15, 0.2) is 11.5 Å². The maximum absolute atomic E-state index is 5.70. The lowest BCUT2D eigenvalue weighted by Crippen LogP contribution is -2.25. The van der Waals surface area contributed by atoms with E-state index in [1.54, 1.807) is 0 Å². The lowest BCUT2D eigenvalue weighted by molar-refractivity contribution is 0.104. The molecule has 0 amide bonds. The van der Waals surface area contributed by atoms with Crippen molar-refractivity contribution in [3.63, 3.8) is 0 Å². The van der Waals surface area contributed by atoms with Crippen LogP contribution in [0.1, 0.15) is 32.3 Å². The summed E-state index contributed by atoms with van der Waals surface area (Å²) in [5.74, 6) is 2.28. The van der Waals surface area contributed by atoms with Gasteiger partial charge in [0, 0.05) is 0 Å². The molecule has 2 nitrogen and oxygen atoms in total. The number of hydrogen-bond donors (Lipinski definition) is 0. The molecule has 1 aromatic carbocycles. The molecular formula is C12H16O2. The van der Waals surface area contributed by atoms with Gasteiger partial charge in [0.25, 0.3) is 0 Å². The van der Waals surface area contributed by atoms with Gasteiger partial charge in [-0.15, -0.1) is 0 Å². The van der Waals surface area contributed by atoms with Gasteiger partial charge in [-0.3, -0.25) is 0 Å². The molecule has 2 heteroatoms. The van der Waals surface area contributed by atoms with E-state index in [9.17, 15) is 0 Å². The number of rotatable bonds is 1. The standard InChI is InChI=1S/C12H16O2/c1-8(2)10-4-5-11-12(6-10)14-9(3)7-13-11/h4-6,8-9H,7H2,1-3H3. The highest BCUT2D eigenvalue weighted by molar-refractivity contribution is 5.44. The molecule has 1 heterocycles. The minimum absolute atomic E-state index is 0.157. The quantitative estimate of drug-likeness (QED) is 0.681. The summed E-state index contributed by atoms with van der Waals surface area (Å²) < 4.78 is 11.2. The van der Waals surface area contributed by atoms with Crippen LogP contribution in [0.2, 0.25) is 0 Å². The Morgan fingerprint density at radius 3 is 2.79 bits per heavy atom. The zero-order valence-corrected chi connectivity index (χ0v) is 8.91. The van der Waals surface area contributed by atoms with Crippen molar-refractivity contribution in [1.29, 1.82) is 0 Å². The highest BCUT2D eigenvalue weighted by atomic mass is 16.6. The predicted octanol–water partition coefficient (Wildman–Crippen LogP) is 2.97. The van der Waals surface area contributed by atoms with E-state index in [0.29, 0.717) is 12.5 Å². The van der Waals surface area contributed by atoms with Gasteiger partial charge in [0.05, 0.1) is 0 Å². The molecule has 1 aromatic rings. The van der Waals surface area contributed by atoms with Crippen molar-refractivity contribution in [1.82, 2.24) is 0 Å². The van der Waals surface area contributed by atoms with Crippen molar-refractivity contribution in [3.8, 4) is 11.5 Å². The maximum atomic E-state index is 5.70. The Morgan fingerprint density at radius 1 is 1.29 bits per heavy atom. The third-order valence-corrected chi connectivity index (χ3v) is 2.44. The Bertz CT molecular complexity index is 331. The Kier molecular flexibility index (Phi) is 2.36. The van der Waals surface area contributed by atoms with Crippen LogP contribution in [0, 0.1) is 0 Å². The SMILES string of the molecule is CC1COc2ccc(C(C)C)cc2O1. The fraction of sp³-hybridized carbons (Fsp3) is 0.500. The second-order valence-corrected chi connectivity index (χ2v) is 4.10. The van der Waals surface area contributed by atoms with Crippen LogP contribution in [0.4, 0.5) is 0 Å². The van der Waals surface area contributed by atoms with Crippen LogP contribution in [-0.4, -0.2) is 12.7 Å². The van der Waals surface area contributed by atoms with Crippen LogP contribution >= 0.6 is 0 Å². The average molecular weight is 192 g/mol. The molecule has 0 aromatic heterocycles. The maximum Gasteiger partial charge on any atom is 0.162 e. The molecule has 0 radical (unpaired) electrons. The van der Waals surface area contributed by atoms with Gasteiger partial charge in [-0.2, -0.15) is 0 Å². The molecule has 0 N–H and O–H groups in total. The molecule has 1 aliphatic heterocycles. The van der Waals surface area contributed by atoms with Gasteiger partial charge in [-0.05, 0) is 30.5 Å². The number of hydrogen-bond acceptors (Lipinski definition) is 2. The second-order valence-electron chi connectivity index (χ2n) is 4.10. The molecule has 1 aliphatic rings. The lowest BCUT2D eigenvalue weighted by Gasteiger charge is -2.24. The Hall–Kier alpha value is -1.18. The highest BCUT2D eigenvalue weighted by Crippen LogP contribution is 2.34. The van der Waals surface area contributed by atoms with E-state index in [1.165, 1.54) is 5.56 Å². The molecule has 1 unspecified atom stereocenters. The predicted molar refractivity (Wildman–Crippen MR) is 56.1 cm³/mol. The molecule has 0 saturated heterocycles. The molecule has 0 spiro atoms. The van der Waals surface area contributed by atoms with Crippen molar-refractivity contribution in [2.75, 3.05) is 6.61 Å². The third-order valence-electron chi connectivity index (χ3n) is 2.44. The van der Waals surface area contributed by atoms with Crippen molar-refractivity contribution < 1.29 is 9.47 Å². The van der Waals surface area contributed by atoms with Crippen LogP contribution < -0.4 is 9.47 Å². The monoisotopic (exact) mass is 192 g/mol. The number of fused-ring (bicyclic) bond motifs is 1. The van der Waals surface area contributed by atoms with Crippen molar-refractivity contribution in [2.24, 2.45) is 0 Å². The first-order valence-electron chi connectivity index (χ1n) is 5.10. The van der Waals surface area contributed by atoms with Crippen LogP contribution in [0.15, 0.2) is 18.2 Å². The molecule has 14 heavy (non-hydrogen) atoms. The largest absolute Gasteiger partial charge is 0.486 e. The van der Waals surface area contributed by atoms with E-state index in [0.717, 1.165) is 11.5 Å². The van der Waals surface area contributed by atoms with Crippen LogP contribution in [0.25, 0.3) is 0 Å². The molecule has 0 aliphatic carbocycles. The zero-order chi connectivity index (χ0) is 10.1. The Balaban J connectivity index is 2.33. The van der Waals surface area contributed by atoms with Crippen molar-refractivity contribution in [2.45, 2.75) is 32.8 Å². The Labute approximate surface area is 84.8 Å². The van der Waals surface area contributed by atoms with Crippen molar-refractivity contribution >= 4 is 0 Å². The molecule has 76 valence electrons. The van der Waals surface area contributed by atoms with Gasteiger partial charge in [-0.1, -0.05) is 19.9 Å². The zero-order valence-electron chi connectivity index (χ0n) is 8.91. The topological polar surface area (TPSA) is 18.5 Å². The van der Waals surface area contributed by atoms with Crippen LogP contribution in [-0.2, 0) is 0 Å². The molecule has 2 rings (SSSR count). The second kappa shape index (κ2) is 3.52. The first-order chi connectivity index (χ1) is 6.66. The third kappa shape index (κ3) is 1.69. The van der Waals surface area contributed by atoms with E-state index in [2.05, 4.69) is 26.0 Å². The van der Waals surface area contributed by atoms with E-state index >= 15 is 0 Å². The van der Waals surface area contributed by atoms with Gasteiger partial charge in [0.1, 0.15) is 12.7 Å². The van der Waals surface area contributed by atoms with Crippen LogP contribution in [0.5, 0.6) is 11.5 Å². The van der Waals surface area contributed by atoms with E-state index in [4.69, 9.17) is 9.47 Å². The minimum atomic E-state index is 0.157. The number of ether oxygens (including phenoxy) is 2. The lowest BCUT2D eigenvalue weighted by atomic mass is 10.0. The number of benzene rings is 1. The summed E-state index contributed by atoms with van der Waals surface area (Å²) in [4.78, 5) is 0. The normalized spacial score (nSPS) is 19.9. The fourth-order valence-electron chi connectivity index (χ4n) is 1.55. The molecule has 0 saturated carbocycles. The van der Waals surface area contributed by atoms with E-state index in [1.807, 2.05) is 13.0 Å². The van der Waals surface area contributed by atoms with Gasteiger partial charge in [-0.25, -0.2) is 0 Å². The smallest absolute Gasteiger partial charge is 0.162 e. The summed E-state index contributed by atoms with van der Waals surface area (Å²) in [7, 11) is 0. The van der Waals surface area contributed by atoms with Gasteiger partial charge >= 0.3 is 0 Å².